The molecule has 0 amide bonds. The maximum atomic E-state index is 11.1. The first-order valence-corrected chi connectivity index (χ1v) is 5.29. The van der Waals surface area contributed by atoms with Gasteiger partial charge in [-0.15, -0.1) is 0 Å². The van der Waals surface area contributed by atoms with Gasteiger partial charge in [-0.3, -0.25) is 4.98 Å². The molecule has 1 aliphatic carbocycles. The molecule has 5 heteroatoms. The van der Waals surface area contributed by atoms with Crippen LogP contribution < -0.4 is 4.90 Å². The van der Waals surface area contributed by atoms with Crippen molar-refractivity contribution in [3.63, 3.8) is 0 Å². The Balaban J connectivity index is 2.32. The van der Waals surface area contributed by atoms with Crippen molar-refractivity contribution < 1.29 is 15.0 Å². The average molecular weight is 222 g/mol. The van der Waals surface area contributed by atoms with E-state index >= 15 is 0 Å². The Bertz CT molecular complexity index is 391. The molecular weight excluding hydrogens is 208 g/mol. The van der Waals surface area contributed by atoms with E-state index in [0.717, 1.165) is 12.8 Å². The highest BCUT2D eigenvalue weighted by atomic mass is 16.4. The zero-order valence-corrected chi connectivity index (χ0v) is 8.83. The summed E-state index contributed by atoms with van der Waals surface area (Å²) in [6, 6.07) is 1.85. The van der Waals surface area contributed by atoms with Gasteiger partial charge in [0.15, 0.2) is 0 Å². The van der Waals surface area contributed by atoms with Crippen molar-refractivity contribution in [1.82, 2.24) is 4.98 Å². The van der Waals surface area contributed by atoms with Crippen molar-refractivity contribution in [1.29, 1.82) is 0 Å². The lowest BCUT2D eigenvalue weighted by molar-refractivity contribution is 0.0697. The smallest absolute Gasteiger partial charge is 0.337 e. The van der Waals surface area contributed by atoms with Gasteiger partial charge < -0.3 is 15.1 Å². The summed E-state index contributed by atoms with van der Waals surface area (Å²) in [6.45, 7) is 0.473. The number of rotatable bonds is 5. The first kappa shape index (κ1) is 10.9. The fourth-order valence-corrected chi connectivity index (χ4v) is 1.79. The Morgan fingerprint density at radius 2 is 2.31 bits per heavy atom. The van der Waals surface area contributed by atoms with Crippen LogP contribution in [0.3, 0.4) is 0 Å². The molecule has 0 aliphatic heterocycles. The molecule has 86 valence electrons. The van der Waals surface area contributed by atoms with E-state index in [4.69, 9.17) is 10.2 Å². The lowest BCUT2D eigenvalue weighted by Gasteiger charge is -2.24. The molecule has 0 atom stereocenters. The molecular formula is C11H14N2O3. The molecule has 0 radical (unpaired) electrons. The normalized spacial score (nSPS) is 14.8. The average Bonchev–Trinajstić information content (AvgIpc) is 3.10. The Kier molecular flexibility index (Phi) is 3.05. The van der Waals surface area contributed by atoms with Gasteiger partial charge in [-0.25, -0.2) is 4.79 Å². The van der Waals surface area contributed by atoms with Crippen molar-refractivity contribution in [2.24, 2.45) is 0 Å². The van der Waals surface area contributed by atoms with E-state index < -0.39 is 5.97 Å². The largest absolute Gasteiger partial charge is 0.478 e. The topological polar surface area (TPSA) is 73.7 Å². The number of aliphatic hydroxyl groups is 1. The lowest BCUT2D eigenvalue weighted by Crippen LogP contribution is -2.30. The van der Waals surface area contributed by atoms with E-state index in [1.54, 1.807) is 6.20 Å². The molecule has 5 nitrogen and oxygen atoms in total. The molecule has 1 saturated carbocycles. The van der Waals surface area contributed by atoms with Crippen LogP contribution >= 0.6 is 0 Å². The summed E-state index contributed by atoms with van der Waals surface area (Å²) in [5.74, 6) is -0.957. The van der Waals surface area contributed by atoms with Crippen LogP contribution in [0.5, 0.6) is 0 Å². The Morgan fingerprint density at radius 3 is 2.88 bits per heavy atom. The van der Waals surface area contributed by atoms with Gasteiger partial charge in [0.25, 0.3) is 0 Å². The van der Waals surface area contributed by atoms with Crippen molar-refractivity contribution in [3.05, 3.63) is 24.0 Å². The van der Waals surface area contributed by atoms with Gasteiger partial charge in [-0.05, 0) is 18.9 Å². The highest BCUT2D eigenvalue weighted by molar-refractivity contribution is 5.94. The molecule has 1 aromatic heterocycles. The predicted molar refractivity (Wildman–Crippen MR) is 58.7 cm³/mol. The maximum absolute atomic E-state index is 11.1. The standard InChI is InChI=1S/C11H14N2O3/c14-6-5-13(8-1-2-8)10-7-12-4-3-9(10)11(15)16/h3-4,7-8,14H,1-2,5-6H2,(H,15,16). The van der Waals surface area contributed by atoms with Crippen LogP contribution in [0.4, 0.5) is 5.69 Å². The first-order chi connectivity index (χ1) is 7.74. The van der Waals surface area contributed by atoms with Gasteiger partial charge in [0.2, 0.25) is 0 Å². The van der Waals surface area contributed by atoms with E-state index in [0.29, 0.717) is 18.3 Å². The van der Waals surface area contributed by atoms with Gasteiger partial charge >= 0.3 is 5.97 Å². The number of anilines is 1. The molecule has 0 unspecified atom stereocenters. The van der Waals surface area contributed by atoms with Crippen LogP contribution in [0.15, 0.2) is 18.5 Å². The first-order valence-electron chi connectivity index (χ1n) is 5.29. The SMILES string of the molecule is O=C(O)c1ccncc1N(CCO)C1CC1. The van der Waals surface area contributed by atoms with E-state index in [1.807, 2.05) is 4.90 Å². The van der Waals surface area contributed by atoms with Gasteiger partial charge in [0, 0.05) is 18.8 Å². The van der Waals surface area contributed by atoms with Crippen molar-refractivity contribution in [3.8, 4) is 0 Å². The molecule has 2 N–H and O–H groups in total. The molecule has 0 bridgehead atoms. The highest BCUT2D eigenvalue weighted by Gasteiger charge is 2.31. The maximum Gasteiger partial charge on any atom is 0.337 e. The third kappa shape index (κ3) is 2.14. The molecule has 1 heterocycles. The number of nitrogens with zero attached hydrogens (tertiary/aromatic N) is 2. The minimum Gasteiger partial charge on any atom is -0.478 e. The Labute approximate surface area is 93.3 Å². The number of hydrogen-bond donors (Lipinski definition) is 2. The van der Waals surface area contributed by atoms with E-state index in [1.165, 1.54) is 12.3 Å². The van der Waals surface area contributed by atoms with Crippen molar-refractivity contribution >= 4 is 11.7 Å². The molecule has 0 aromatic carbocycles. The van der Waals surface area contributed by atoms with Gasteiger partial charge in [-0.2, -0.15) is 0 Å². The second-order valence-electron chi connectivity index (χ2n) is 3.85. The monoisotopic (exact) mass is 222 g/mol. The summed E-state index contributed by atoms with van der Waals surface area (Å²) in [6.07, 6.45) is 5.12. The fourth-order valence-electron chi connectivity index (χ4n) is 1.79. The van der Waals surface area contributed by atoms with Gasteiger partial charge in [0.1, 0.15) is 0 Å². The van der Waals surface area contributed by atoms with Crippen LogP contribution in [0.2, 0.25) is 0 Å². The quantitative estimate of drug-likeness (QED) is 0.768. The van der Waals surface area contributed by atoms with Crippen molar-refractivity contribution in [2.45, 2.75) is 18.9 Å². The summed E-state index contributed by atoms with van der Waals surface area (Å²) < 4.78 is 0. The Hall–Kier alpha value is -1.62. The van der Waals surface area contributed by atoms with Crippen LogP contribution in [-0.2, 0) is 0 Å². The van der Waals surface area contributed by atoms with E-state index in [-0.39, 0.29) is 12.2 Å². The van der Waals surface area contributed by atoms with Gasteiger partial charge in [0.05, 0.1) is 24.1 Å². The zero-order chi connectivity index (χ0) is 11.5. The summed E-state index contributed by atoms with van der Waals surface area (Å²) in [4.78, 5) is 16.9. The van der Waals surface area contributed by atoms with E-state index in [2.05, 4.69) is 4.98 Å². The highest BCUT2D eigenvalue weighted by Crippen LogP contribution is 2.32. The lowest BCUT2D eigenvalue weighted by atomic mass is 10.2. The number of pyridine rings is 1. The number of aromatic carboxylic acids is 1. The third-order valence-electron chi connectivity index (χ3n) is 2.67. The minimum atomic E-state index is -0.957. The summed E-state index contributed by atoms with van der Waals surface area (Å²) in [5.41, 5.74) is 0.849. The number of hydrogen-bond acceptors (Lipinski definition) is 4. The van der Waals surface area contributed by atoms with Crippen LogP contribution in [0.1, 0.15) is 23.2 Å². The molecule has 16 heavy (non-hydrogen) atoms. The summed E-state index contributed by atoms with van der Waals surface area (Å²) >= 11 is 0. The summed E-state index contributed by atoms with van der Waals surface area (Å²) in [5, 5.41) is 18.1. The molecule has 0 saturated heterocycles. The molecule has 1 fully saturated rings. The predicted octanol–water partition coefficient (Wildman–Crippen LogP) is 0.741. The summed E-state index contributed by atoms with van der Waals surface area (Å²) in [7, 11) is 0. The number of aromatic nitrogens is 1. The zero-order valence-electron chi connectivity index (χ0n) is 8.83. The number of carbonyl (C=O) groups is 1. The Morgan fingerprint density at radius 1 is 1.56 bits per heavy atom. The minimum absolute atomic E-state index is 0.0183. The molecule has 2 rings (SSSR count). The van der Waals surface area contributed by atoms with Gasteiger partial charge in [-0.1, -0.05) is 0 Å². The van der Waals surface area contributed by atoms with Crippen LogP contribution in [0.25, 0.3) is 0 Å². The van der Waals surface area contributed by atoms with Crippen LogP contribution in [-0.4, -0.2) is 40.4 Å². The fraction of sp³-hybridized carbons (Fsp3) is 0.455. The molecule has 0 spiro atoms. The van der Waals surface area contributed by atoms with Crippen LogP contribution in [0, 0.1) is 0 Å². The van der Waals surface area contributed by atoms with E-state index in [9.17, 15) is 4.79 Å². The number of aliphatic hydroxyl groups excluding tert-OH is 1. The number of carboxylic acids is 1. The second kappa shape index (κ2) is 4.49. The number of carboxylic acid groups (broad SMARTS) is 1. The molecule has 1 aliphatic rings. The van der Waals surface area contributed by atoms with Crippen molar-refractivity contribution in [2.75, 3.05) is 18.1 Å². The molecule has 1 aromatic rings. The third-order valence-corrected chi connectivity index (χ3v) is 2.67. The second-order valence-corrected chi connectivity index (χ2v) is 3.85.